The van der Waals surface area contributed by atoms with Crippen LogP contribution >= 0.6 is 0 Å². The molecule has 1 nitrogen and oxygen atoms in total. The molecule has 0 saturated heterocycles. The summed E-state index contributed by atoms with van der Waals surface area (Å²) in [5.74, 6) is 0. The van der Waals surface area contributed by atoms with Gasteiger partial charge in [0.25, 0.3) is 0 Å². The van der Waals surface area contributed by atoms with Crippen LogP contribution in [0.3, 0.4) is 0 Å². The summed E-state index contributed by atoms with van der Waals surface area (Å²) in [5.41, 5.74) is 0. The molecule has 0 aliphatic heterocycles. The van der Waals surface area contributed by atoms with E-state index in [9.17, 15) is 0 Å². The molecule has 0 aliphatic carbocycles. The van der Waals surface area contributed by atoms with Crippen LogP contribution in [0.4, 0.5) is 0 Å². The number of nitrogens with one attached hydrogen (secondary N) is 1. The normalized spacial score (nSPS) is 16.4. The molecule has 1 atom stereocenters. The summed E-state index contributed by atoms with van der Waals surface area (Å²) in [6.45, 7) is 26.8. The Morgan fingerprint density at radius 3 is 1.30 bits per heavy atom. The van der Waals surface area contributed by atoms with Crippen molar-refractivity contribution in [3.05, 3.63) is 0 Å². The highest BCUT2D eigenvalue weighted by molar-refractivity contribution is 6.85. The van der Waals surface area contributed by atoms with Crippen LogP contribution in [0.5, 0.6) is 0 Å². The van der Waals surface area contributed by atoms with Gasteiger partial charge in [0.1, 0.15) is 8.24 Å². The monoisotopic (exact) mass is 299 g/mol. The molecular weight excluding hydrogens is 258 g/mol. The second kappa shape index (κ2) is 6.52. The molecule has 0 fully saturated rings. The minimum atomic E-state index is -1.77. The maximum Gasteiger partial charge on any atom is 0.142 e. The van der Waals surface area contributed by atoms with E-state index in [1.54, 1.807) is 0 Å². The Labute approximate surface area is 130 Å². The largest absolute Gasteiger partial charge is 0.333 e. The van der Waals surface area contributed by atoms with Crippen molar-refractivity contribution in [2.75, 3.05) is 0 Å². The summed E-state index contributed by atoms with van der Waals surface area (Å²) in [6, 6.07) is 0.671. The highest BCUT2D eigenvalue weighted by Crippen LogP contribution is 2.60. The van der Waals surface area contributed by atoms with Gasteiger partial charge < -0.3 is 4.98 Å². The highest BCUT2D eigenvalue weighted by Gasteiger charge is 2.60. The molecule has 0 aromatic rings. The average Bonchev–Trinajstić information content (AvgIpc) is 2.18. The Morgan fingerprint density at radius 2 is 1.10 bits per heavy atom. The van der Waals surface area contributed by atoms with E-state index in [4.69, 9.17) is 0 Å². The van der Waals surface area contributed by atoms with Crippen LogP contribution < -0.4 is 4.98 Å². The van der Waals surface area contributed by atoms with Gasteiger partial charge in [-0.1, -0.05) is 82.6 Å². The van der Waals surface area contributed by atoms with Gasteiger partial charge in [0, 0.05) is 6.04 Å². The molecule has 0 saturated carbocycles. The molecule has 20 heavy (non-hydrogen) atoms. The van der Waals surface area contributed by atoms with Crippen LogP contribution in [0, 0.1) is 0 Å². The maximum absolute atomic E-state index is 4.28. The summed E-state index contributed by atoms with van der Waals surface area (Å²) in [6.07, 6.45) is 3.81. The van der Waals surface area contributed by atoms with Crippen molar-refractivity contribution in [2.24, 2.45) is 0 Å². The van der Waals surface area contributed by atoms with Crippen molar-refractivity contribution in [3.63, 3.8) is 0 Å². The molecule has 2 heteroatoms. The van der Waals surface area contributed by atoms with Gasteiger partial charge >= 0.3 is 0 Å². The Hall–Kier alpha value is 0.177. The van der Waals surface area contributed by atoms with Crippen molar-refractivity contribution < 1.29 is 0 Å². The minimum Gasteiger partial charge on any atom is -0.333 e. The molecule has 0 aliphatic rings. The van der Waals surface area contributed by atoms with Crippen molar-refractivity contribution in [2.45, 2.75) is 117 Å². The highest BCUT2D eigenvalue weighted by atomic mass is 28.3. The van der Waals surface area contributed by atoms with Crippen molar-refractivity contribution in [3.8, 4) is 0 Å². The topological polar surface area (TPSA) is 12.0 Å². The van der Waals surface area contributed by atoms with Gasteiger partial charge in [0.05, 0.1) is 0 Å². The van der Waals surface area contributed by atoms with Gasteiger partial charge in [-0.15, -0.1) is 0 Å². The first-order chi connectivity index (χ1) is 8.74. The minimum absolute atomic E-state index is 0.338. The summed E-state index contributed by atoms with van der Waals surface area (Å²) in [4.78, 5) is 4.28. The van der Waals surface area contributed by atoms with Gasteiger partial charge in [0.2, 0.25) is 0 Å². The fourth-order valence-corrected chi connectivity index (χ4v) is 14.1. The second-order valence-electron chi connectivity index (χ2n) is 9.54. The molecule has 1 N–H and O–H groups in total. The predicted molar refractivity (Wildman–Crippen MR) is 97.0 cm³/mol. The summed E-state index contributed by atoms with van der Waals surface area (Å²) in [5, 5.41) is 1.01. The molecule has 1 unspecified atom stereocenters. The zero-order chi connectivity index (χ0) is 16.4. The first kappa shape index (κ1) is 20.2. The van der Waals surface area contributed by atoms with Gasteiger partial charge in [0.15, 0.2) is 0 Å². The summed E-state index contributed by atoms with van der Waals surface area (Å²) >= 11 is 0. The molecule has 0 amide bonds. The molecular formula is C18H41NSi. The van der Waals surface area contributed by atoms with Gasteiger partial charge in [-0.3, -0.25) is 0 Å². The third-order valence-corrected chi connectivity index (χ3v) is 12.5. The Bertz CT molecular complexity index is 252. The number of hydrogen-bond acceptors (Lipinski definition) is 1. The van der Waals surface area contributed by atoms with E-state index in [0.717, 1.165) is 0 Å². The van der Waals surface area contributed by atoms with E-state index in [1.165, 1.54) is 19.3 Å². The third-order valence-electron chi connectivity index (χ3n) is 4.93. The molecule has 0 radical (unpaired) electrons. The fourth-order valence-electron chi connectivity index (χ4n) is 5.06. The van der Waals surface area contributed by atoms with E-state index in [0.29, 0.717) is 21.2 Å². The maximum atomic E-state index is 4.28. The average molecular weight is 300 g/mol. The van der Waals surface area contributed by atoms with Crippen LogP contribution in [-0.2, 0) is 0 Å². The first-order valence-corrected chi connectivity index (χ1v) is 10.5. The van der Waals surface area contributed by atoms with Crippen LogP contribution in [0.2, 0.25) is 15.1 Å². The predicted octanol–water partition coefficient (Wildman–Crippen LogP) is 6.50. The zero-order valence-electron chi connectivity index (χ0n) is 16.2. The first-order valence-electron chi connectivity index (χ1n) is 8.52. The van der Waals surface area contributed by atoms with E-state index in [2.05, 4.69) is 81.1 Å². The zero-order valence-corrected chi connectivity index (χ0v) is 17.2. The lowest BCUT2D eigenvalue weighted by Crippen LogP contribution is -2.70. The van der Waals surface area contributed by atoms with E-state index in [-0.39, 0.29) is 0 Å². The molecule has 0 aromatic heterocycles. The fraction of sp³-hybridized carbons (Fsp3) is 1.00. The number of rotatable bonds is 5. The van der Waals surface area contributed by atoms with Crippen molar-refractivity contribution in [1.82, 2.24) is 4.98 Å². The lowest BCUT2D eigenvalue weighted by Gasteiger charge is -2.60. The Balaban J connectivity index is 5.91. The SMILES string of the molecule is CCCC(CC)N[Si](C(C)(C)C)(C(C)(C)C)C(C)(C)C. The lowest BCUT2D eigenvalue weighted by molar-refractivity contribution is 0.448. The van der Waals surface area contributed by atoms with Crippen LogP contribution in [0.15, 0.2) is 0 Å². The van der Waals surface area contributed by atoms with Crippen molar-refractivity contribution >= 4 is 8.24 Å². The van der Waals surface area contributed by atoms with Crippen LogP contribution in [0.25, 0.3) is 0 Å². The summed E-state index contributed by atoms with van der Waals surface area (Å²) < 4.78 is 0. The van der Waals surface area contributed by atoms with Crippen molar-refractivity contribution in [1.29, 1.82) is 0 Å². The Morgan fingerprint density at radius 1 is 0.750 bits per heavy atom. The van der Waals surface area contributed by atoms with E-state index in [1.807, 2.05) is 0 Å². The molecule has 0 spiro atoms. The van der Waals surface area contributed by atoms with Gasteiger partial charge in [-0.25, -0.2) is 0 Å². The van der Waals surface area contributed by atoms with E-state index < -0.39 is 8.24 Å². The molecule has 122 valence electrons. The number of hydrogen-bond donors (Lipinski definition) is 1. The molecule has 0 rings (SSSR count). The van der Waals surface area contributed by atoms with E-state index >= 15 is 0 Å². The Kier molecular flexibility index (Phi) is 6.58. The third kappa shape index (κ3) is 3.88. The second-order valence-corrected chi connectivity index (χ2v) is 15.8. The van der Waals surface area contributed by atoms with Crippen LogP contribution in [-0.4, -0.2) is 14.3 Å². The van der Waals surface area contributed by atoms with Gasteiger partial charge in [-0.05, 0) is 28.0 Å². The smallest absolute Gasteiger partial charge is 0.142 e. The van der Waals surface area contributed by atoms with Gasteiger partial charge in [-0.2, -0.15) is 0 Å². The molecule has 0 aromatic carbocycles. The summed E-state index contributed by atoms with van der Waals surface area (Å²) in [7, 11) is -1.77. The molecule has 0 heterocycles. The molecule has 0 bridgehead atoms. The lowest BCUT2D eigenvalue weighted by atomic mass is 10.1. The quantitative estimate of drug-likeness (QED) is 0.571. The van der Waals surface area contributed by atoms with Crippen LogP contribution in [0.1, 0.15) is 95.4 Å². The standard InChI is InChI=1S/C18H41NSi/c1-12-14-15(13-2)19-20(16(3,4)5,17(6,7)8)18(9,10)11/h15,19H,12-14H2,1-11H3.